The molecule has 8 rings (SSSR count). The Kier molecular flexibility index (Phi) is 15.5. The van der Waals surface area contributed by atoms with Gasteiger partial charge >= 0.3 is 18.1 Å². The van der Waals surface area contributed by atoms with Gasteiger partial charge in [-0.2, -0.15) is 0 Å². The number of alkyl carbamates (subject to hydrolysis) is 1. The Balaban J connectivity index is 1.09. The molecule has 4 bridgehead atoms. The van der Waals surface area contributed by atoms with Gasteiger partial charge in [-0.1, -0.05) is 66.7 Å². The molecule has 9 N–H and O–H groups in total. The van der Waals surface area contributed by atoms with Crippen molar-refractivity contribution in [1.29, 1.82) is 0 Å². The zero-order chi connectivity index (χ0) is 47.7. The third kappa shape index (κ3) is 12.5. The molecule has 0 spiro atoms. The van der Waals surface area contributed by atoms with Crippen LogP contribution >= 0.6 is 0 Å². The molecule has 0 radical (unpaired) electrons. The number of urea groups is 1. The molecule has 17 nitrogen and oxygen atoms in total. The number of nitrogens with zero attached hydrogens (tertiary/aromatic N) is 1. The molecule has 4 atom stereocenters. The van der Waals surface area contributed by atoms with Crippen LogP contribution in [0.4, 0.5) is 15.3 Å². The average Bonchev–Trinajstić information content (AvgIpc) is 3.69. The largest absolute Gasteiger partial charge is 0.481 e. The fourth-order valence-corrected chi connectivity index (χ4v) is 10.7. The summed E-state index contributed by atoms with van der Waals surface area (Å²) in [6.07, 6.45) is 6.71. The van der Waals surface area contributed by atoms with E-state index in [9.17, 15) is 38.7 Å². The average molecular weight is 919 g/mol. The molecule has 3 aromatic carbocycles. The molecule has 4 aromatic rings. The number of benzene rings is 3. The maximum absolute atomic E-state index is 14.6. The minimum atomic E-state index is -1.66. The fourth-order valence-electron chi connectivity index (χ4n) is 10.7. The van der Waals surface area contributed by atoms with E-state index in [0.717, 1.165) is 65.5 Å². The lowest BCUT2D eigenvalue weighted by molar-refractivity contribution is -0.146. The van der Waals surface area contributed by atoms with E-state index in [-0.39, 0.29) is 32.2 Å². The second-order valence-electron chi connectivity index (χ2n) is 18.7. The molecule has 4 fully saturated rings. The Morgan fingerprint density at radius 2 is 1.42 bits per heavy atom. The minimum Gasteiger partial charge on any atom is -0.481 e. The molecular weight excluding hydrogens is 857 g/mol. The van der Waals surface area contributed by atoms with E-state index in [1.165, 1.54) is 7.05 Å². The number of aryl methyl sites for hydroxylation is 1. The number of ether oxygens (including phenoxy) is 1. The Hall–Kier alpha value is -6.91. The number of anilines is 1. The summed E-state index contributed by atoms with van der Waals surface area (Å²) in [6, 6.07) is 17.9. The first-order chi connectivity index (χ1) is 32.1. The van der Waals surface area contributed by atoms with Crippen LogP contribution in [0.25, 0.3) is 10.9 Å². The van der Waals surface area contributed by atoms with Crippen molar-refractivity contribution in [2.24, 2.45) is 23.5 Å². The fraction of sp³-hybridized carbons (Fsp3) is 0.460. The van der Waals surface area contributed by atoms with Crippen LogP contribution < -0.4 is 32.3 Å². The van der Waals surface area contributed by atoms with Gasteiger partial charge in [0, 0.05) is 49.2 Å². The van der Waals surface area contributed by atoms with Gasteiger partial charge in [-0.15, -0.1) is 0 Å². The van der Waals surface area contributed by atoms with Gasteiger partial charge in [0.1, 0.15) is 29.8 Å². The van der Waals surface area contributed by atoms with Gasteiger partial charge in [-0.05, 0) is 111 Å². The lowest BCUT2D eigenvalue weighted by Crippen LogP contribution is -2.59. The van der Waals surface area contributed by atoms with Crippen LogP contribution in [0.5, 0.6) is 0 Å². The highest BCUT2D eigenvalue weighted by molar-refractivity contribution is 5.97. The molecule has 1 heterocycles. The molecular formula is C50H62N8O9. The van der Waals surface area contributed by atoms with Crippen LogP contribution in [-0.4, -0.2) is 100 Å². The molecule has 17 heteroatoms. The highest BCUT2D eigenvalue weighted by atomic mass is 16.6. The third-order valence-electron chi connectivity index (χ3n) is 13.6. The van der Waals surface area contributed by atoms with Crippen molar-refractivity contribution >= 4 is 58.3 Å². The number of hydrogen-bond donors (Lipinski definition) is 8. The smallest absolute Gasteiger partial charge is 0.408 e. The lowest BCUT2D eigenvalue weighted by atomic mass is 9.54. The number of unbranched alkanes of at least 4 members (excludes halogenated alkanes) is 1. The summed E-state index contributed by atoms with van der Waals surface area (Å²) >= 11 is 0. The highest BCUT2D eigenvalue weighted by Crippen LogP contribution is 2.57. The SMILES string of the molecule is Cc1ccccc1NC(=O)NCCCC[C@H](NC(=O)[C@H](Cc1c[nH]c2ccccc12)NC(=O)OC12CC3CC(CC(C3)C1)C2)C(=O)N[C@@H](CC(=O)O)C(=O)N(C)[C@@H](Cc1ccccc1)C(N)=O. The van der Waals surface area contributed by atoms with Crippen molar-refractivity contribution in [2.45, 2.75) is 114 Å². The number of aromatic nitrogens is 1. The number of rotatable bonds is 21. The number of likely N-dealkylation sites (N-methyl/N-ethyl adjacent to an activating group) is 1. The van der Waals surface area contributed by atoms with Crippen LogP contribution in [0.3, 0.4) is 0 Å². The van der Waals surface area contributed by atoms with Crippen molar-refractivity contribution in [3.8, 4) is 0 Å². The Morgan fingerprint density at radius 3 is 2.09 bits per heavy atom. The maximum Gasteiger partial charge on any atom is 0.408 e. The Bertz CT molecular complexity index is 2400. The third-order valence-corrected chi connectivity index (χ3v) is 13.6. The topological polar surface area (TPSA) is 254 Å². The number of para-hydroxylation sites is 2. The summed E-state index contributed by atoms with van der Waals surface area (Å²) in [5, 5.41) is 24.5. The Labute approximate surface area is 389 Å². The molecule has 1 aromatic heterocycles. The summed E-state index contributed by atoms with van der Waals surface area (Å²) in [5.41, 5.74) is 8.94. The van der Waals surface area contributed by atoms with Crippen molar-refractivity contribution in [3.05, 3.63) is 102 Å². The molecule has 67 heavy (non-hydrogen) atoms. The second-order valence-corrected chi connectivity index (χ2v) is 18.7. The monoisotopic (exact) mass is 918 g/mol. The van der Waals surface area contributed by atoms with Gasteiger partial charge in [0.25, 0.3) is 0 Å². The quantitative estimate of drug-likeness (QED) is 0.0519. The van der Waals surface area contributed by atoms with Crippen molar-refractivity contribution in [2.75, 3.05) is 18.9 Å². The van der Waals surface area contributed by atoms with Gasteiger partial charge in [0.2, 0.25) is 23.6 Å². The van der Waals surface area contributed by atoms with E-state index in [2.05, 4.69) is 31.6 Å². The van der Waals surface area contributed by atoms with Crippen LogP contribution in [0.2, 0.25) is 0 Å². The number of fused-ring (bicyclic) bond motifs is 1. The summed E-state index contributed by atoms with van der Waals surface area (Å²) in [6.45, 7) is 2.08. The molecule has 4 saturated carbocycles. The normalized spacial score (nSPS) is 21.0. The molecule has 0 unspecified atom stereocenters. The van der Waals surface area contributed by atoms with Gasteiger partial charge in [-0.25, -0.2) is 9.59 Å². The van der Waals surface area contributed by atoms with E-state index in [1.54, 1.807) is 42.6 Å². The lowest BCUT2D eigenvalue weighted by Gasteiger charge is -2.55. The first kappa shape index (κ1) is 48.0. The number of carboxylic acid groups (broad SMARTS) is 1. The molecule has 4 aliphatic carbocycles. The summed E-state index contributed by atoms with van der Waals surface area (Å²) in [4.78, 5) is 98.7. The first-order valence-corrected chi connectivity index (χ1v) is 23.2. The number of carboxylic acids is 1. The van der Waals surface area contributed by atoms with E-state index in [4.69, 9.17) is 10.5 Å². The van der Waals surface area contributed by atoms with E-state index in [1.807, 2.05) is 49.4 Å². The van der Waals surface area contributed by atoms with Gasteiger partial charge < -0.3 is 52.0 Å². The van der Waals surface area contributed by atoms with E-state index < -0.39 is 77.9 Å². The number of carbonyl (C=O) groups is 7. The van der Waals surface area contributed by atoms with Crippen molar-refractivity contribution in [3.63, 3.8) is 0 Å². The van der Waals surface area contributed by atoms with Crippen LogP contribution in [0.15, 0.2) is 85.1 Å². The zero-order valence-electron chi connectivity index (χ0n) is 38.1. The van der Waals surface area contributed by atoms with E-state index >= 15 is 0 Å². The van der Waals surface area contributed by atoms with Crippen LogP contribution in [-0.2, 0) is 41.6 Å². The number of hydrogen-bond acceptors (Lipinski definition) is 8. The predicted octanol–water partition coefficient (Wildman–Crippen LogP) is 5.07. The van der Waals surface area contributed by atoms with Gasteiger partial charge in [0.15, 0.2) is 0 Å². The van der Waals surface area contributed by atoms with Crippen LogP contribution in [0.1, 0.15) is 80.9 Å². The van der Waals surface area contributed by atoms with Gasteiger partial charge in [0.05, 0.1) is 6.42 Å². The molecule has 0 aliphatic heterocycles. The summed E-state index contributed by atoms with van der Waals surface area (Å²) in [5.74, 6) is -3.18. The molecule has 7 amide bonds. The highest BCUT2D eigenvalue weighted by Gasteiger charge is 2.53. The zero-order valence-corrected chi connectivity index (χ0v) is 38.1. The second kappa shape index (κ2) is 21.6. The number of aromatic amines is 1. The van der Waals surface area contributed by atoms with Crippen molar-refractivity contribution < 1.29 is 43.4 Å². The maximum atomic E-state index is 14.6. The predicted molar refractivity (Wildman–Crippen MR) is 250 cm³/mol. The molecule has 0 saturated heterocycles. The molecule has 356 valence electrons. The summed E-state index contributed by atoms with van der Waals surface area (Å²) < 4.78 is 6.27. The number of primary amides is 1. The van der Waals surface area contributed by atoms with Gasteiger partial charge in [-0.3, -0.25) is 24.0 Å². The summed E-state index contributed by atoms with van der Waals surface area (Å²) in [7, 11) is 1.31. The number of carbonyl (C=O) groups excluding carboxylic acids is 6. The number of nitrogens with two attached hydrogens (primary N) is 1. The number of nitrogens with one attached hydrogen (secondary N) is 6. The van der Waals surface area contributed by atoms with E-state index in [0.29, 0.717) is 35.4 Å². The first-order valence-electron chi connectivity index (χ1n) is 23.2. The van der Waals surface area contributed by atoms with Crippen LogP contribution in [0, 0.1) is 24.7 Å². The molecule has 4 aliphatic rings. The standard InChI is InChI=1S/C50H62N8O9/c1-30-12-6-8-16-37(30)56-48(65)52-19-11-10-18-39(45(62)55-41(25-43(59)60)47(64)58(2)42(44(51)61)23-31-13-4-3-5-14-31)54-46(63)40(24-35-29-53-38-17-9-7-15-36(35)38)57-49(66)67-50-26-32-20-33(27-50)22-34(21-32)28-50/h3-9,12-17,29,32-34,39-42,53H,10-11,18-28H2,1-2H3,(H2,51,61)(H,54,63)(H,55,62)(H,57,66)(H,59,60)(H2,52,56,65)/t32?,33?,34?,39-,40-,41-,42-,50?/m0/s1. The Morgan fingerprint density at radius 1 is 0.791 bits per heavy atom. The van der Waals surface area contributed by atoms with Crippen molar-refractivity contribution in [1.82, 2.24) is 31.2 Å². The number of aliphatic carboxylic acids is 1. The minimum absolute atomic E-state index is 0.00205. The number of H-pyrrole nitrogens is 1. The number of amides is 7.